The lowest BCUT2D eigenvalue weighted by atomic mass is 10.00. The highest BCUT2D eigenvalue weighted by Crippen LogP contribution is 2.30. The van der Waals surface area contributed by atoms with Crippen LogP contribution in [0.3, 0.4) is 0 Å². The maximum Gasteiger partial charge on any atom is 0.0434 e. The van der Waals surface area contributed by atoms with Gasteiger partial charge >= 0.3 is 0 Å². The van der Waals surface area contributed by atoms with Crippen molar-refractivity contribution in [1.82, 2.24) is 5.32 Å². The summed E-state index contributed by atoms with van der Waals surface area (Å²) in [5.41, 5.74) is 4.35. The van der Waals surface area contributed by atoms with Crippen LogP contribution in [0.25, 0.3) is 0 Å². The summed E-state index contributed by atoms with van der Waals surface area (Å²) in [5, 5.41) is 3.50. The fraction of sp³-hybridized carbons (Fsp3) is 0.600. The van der Waals surface area contributed by atoms with Crippen LogP contribution >= 0.6 is 0 Å². The van der Waals surface area contributed by atoms with E-state index in [1.54, 1.807) is 0 Å². The third kappa shape index (κ3) is 2.32. The van der Waals surface area contributed by atoms with E-state index in [-0.39, 0.29) is 0 Å². The van der Waals surface area contributed by atoms with E-state index in [4.69, 9.17) is 0 Å². The maximum absolute atomic E-state index is 3.50. The molecule has 94 valence electrons. The SMILES string of the molecule is CCc1cccc(C)c1N1C(C)CNCC1C. The zero-order valence-electron chi connectivity index (χ0n) is 11.5. The van der Waals surface area contributed by atoms with Crippen molar-refractivity contribution in [2.45, 2.75) is 46.2 Å². The van der Waals surface area contributed by atoms with Gasteiger partial charge in [0.05, 0.1) is 0 Å². The van der Waals surface area contributed by atoms with Crippen LogP contribution in [0.5, 0.6) is 0 Å². The summed E-state index contributed by atoms with van der Waals surface area (Å²) in [7, 11) is 0. The van der Waals surface area contributed by atoms with Gasteiger partial charge in [-0.3, -0.25) is 0 Å². The second-order valence-electron chi connectivity index (χ2n) is 5.20. The fourth-order valence-electron chi connectivity index (χ4n) is 2.95. The quantitative estimate of drug-likeness (QED) is 0.843. The van der Waals surface area contributed by atoms with E-state index >= 15 is 0 Å². The topological polar surface area (TPSA) is 15.3 Å². The molecule has 1 aromatic rings. The first-order chi connectivity index (χ1) is 8.15. The minimum Gasteiger partial charge on any atom is -0.363 e. The van der Waals surface area contributed by atoms with Gasteiger partial charge < -0.3 is 10.2 Å². The number of aryl methyl sites for hydroxylation is 2. The van der Waals surface area contributed by atoms with Gasteiger partial charge in [-0.15, -0.1) is 0 Å². The fourth-order valence-corrected chi connectivity index (χ4v) is 2.95. The monoisotopic (exact) mass is 232 g/mol. The molecule has 0 bridgehead atoms. The highest BCUT2D eigenvalue weighted by atomic mass is 15.2. The molecule has 2 heteroatoms. The Morgan fingerprint density at radius 1 is 1.24 bits per heavy atom. The van der Waals surface area contributed by atoms with E-state index in [2.05, 4.69) is 56.1 Å². The third-order valence-corrected chi connectivity index (χ3v) is 3.79. The number of hydrogen-bond acceptors (Lipinski definition) is 2. The highest BCUT2D eigenvalue weighted by Gasteiger charge is 2.26. The van der Waals surface area contributed by atoms with Gasteiger partial charge in [-0.05, 0) is 38.3 Å². The largest absolute Gasteiger partial charge is 0.363 e. The van der Waals surface area contributed by atoms with Crippen LogP contribution in [-0.4, -0.2) is 25.2 Å². The Morgan fingerprint density at radius 2 is 1.88 bits per heavy atom. The van der Waals surface area contributed by atoms with Gasteiger partial charge in [-0.2, -0.15) is 0 Å². The average molecular weight is 232 g/mol. The number of para-hydroxylation sites is 1. The Labute approximate surface area is 105 Å². The summed E-state index contributed by atoms with van der Waals surface area (Å²) in [6.07, 6.45) is 1.11. The molecule has 1 fully saturated rings. The van der Waals surface area contributed by atoms with Crippen LogP contribution in [-0.2, 0) is 6.42 Å². The van der Waals surface area contributed by atoms with Crippen molar-refractivity contribution in [3.05, 3.63) is 29.3 Å². The van der Waals surface area contributed by atoms with Crippen LogP contribution in [0.1, 0.15) is 31.9 Å². The molecule has 0 spiro atoms. The van der Waals surface area contributed by atoms with Gasteiger partial charge in [-0.25, -0.2) is 0 Å². The number of benzene rings is 1. The summed E-state index contributed by atoms with van der Waals surface area (Å²) in [4.78, 5) is 2.60. The van der Waals surface area contributed by atoms with Crippen LogP contribution in [0.2, 0.25) is 0 Å². The number of nitrogens with zero attached hydrogens (tertiary/aromatic N) is 1. The standard InChI is InChI=1S/C15H24N2/c1-5-14-8-6-7-11(2)15(14)17-12(3)9-16-10-13(17)4/h6-8,12-13,16H,5,9-10H2,1-4H3. The molecule has 1 heterocycles. The van der Waals surface area contributed by atoms with E-state index in [9.17, 15) is 0 Å². The molecule has 2 nitrogen and oxygen atoms in total. The molecule has 2 atom stereocenters. The lowest BCUT2D eigenvalue weighted by Crippen LogP contribution is -2.55. The molecule has 1 aliphatic rings. The van der Waals surface area contributed by atoms with E-state index in [1.165, 1.54) is 16.8 Å². The number of piperazine rings is 1. The highest BCUT2D eigenvalue weighted by molar-refractivity contribution is 5.61. The van der Waals surface area contributed by atoms with Crippen LogP contribution in [0, 0.1) is 6.92 Å². The molecule has 1 aromatic carbocycles. The Balaban J connectivity index is 2.43. The Kier molecular flexibility index (Phi) is 3.72. The first-order valence-electron chi connectivity index (χ1n) is 6.72. The molecule has 17 heavy (non-hydrogen) atoms. The summed E-state index contributed by atoms with van der Waals surface area (Å²) in [6.45, 7) is 11.3. The van der Waals surface area contributed by atoms with E-state index < -0.39 is 0 Å². The van der Waals surface area contributed by atoms with E-state index in [1.807, 2.05) is 0 Å². The smallest absolute Gasteiger partial charge is 0.0434 e. The van der Waals surface area contributed by atoms with E-state index in [0.29, 0.717) is 12.1 Å². The molecule has 0 aliphatic carbocycles. The molecule has 0 amide bonds. The van der Waals surface area contributed by atoms with Gasteiger partial charge in [-0.1, -0.05) is 25.1 Å². The van der Waals surface area contributed by atoms with Gasteiger partial charge in [0, 0.05) is 30.9 Å². The van der Waals surface area contributed by atoms with Crippen molar-refractivity contribution < 1.29 is 0 Å². The number of nitrogens with one attached hydrogen (secondary N) is 1. The van der Waals surface area contributed by atoms with Gasteiger partial charge in [0.1, 0.15) is 0 Å². The molecule has 1 aliphatic heterocycles. The predicted molar refractivity (Wildman–Crippen MR) is 74.8 cm³/mol. The molecule has 1 saturated heterocycles. The lowest BCUT2D eigenvalue weighted by molar-refractivity contribution is 0.430. The van der Waals surface area contributed by atoms with Crippen molar-refractivity contribution in [2.75, 3.05) is 18.0 Å². The Bertz CT molecular complexity index is 377. The zero-order valence-corrected chi connectivity index (χ0v) is 11.5. The summed E-state index contributed by atoms with van der Waals surface area (Å²) >= 11 is 0. The molecular formula is C15H24N2. The lowest BCUT2D eigenvalue weighted by Gasteiger charge is -2.43. The number of hydrogen-bond donors (Lipinski definition) is 1. The zero-order chi connectivity index (χ0) is 12.4. The summed E-state index contributed by atoms with van der Waals surface area (Å²) in [6, 6.07) is 7.82. The molecule has 0 saturated carbocycles. The van der Waals surface area contributed by atoms with Crippen molar-refractivity contribution in [3.63, 3.8) is 0 Å². The normalized spacial score (nSPS) is 25.1. The molecule has 0 radical (unpaired) electrons. The average Bonchev–Trinajstić information content (AvgIpc) is 2.30. The minimum atomic E-state index is 0.574. The van der Waals surface area contributed by atoms with Gasteiger partial charge in [0.15, 0.2) is 0 Å². The molecule has 2 rings (SSSR count). The summed E-state index contributed by atoms with van der Waals surface area (Å²) in [5.74, 6) is 0. The van der Waals surface area contributed by atoms with Crippen molar-refractivity contribution >= 4 is 5.69 Å². The molecular weight excluding hydrogens is 208 g/mol. The molecule has 2 unspecified atom stereocenters. The first-order valence-corrected chi connectivity index (χ1v) is 6.72. The second kappa shape index (κ2) is 5.09. The second-order valence-corrected chi connectivity index (χ2v) is 5.20. The van der Waals surface area contributed by atoms with Crippen LogP contribution in [0.15, 0.2) is 18.2 Å². The van der Waals surface area contributed by atoms with Crippen molar-refractivity contribution in [3.8, 4) is 0 Å². The third-order valence-electron chi connectivity index (χ3n) is 3.79. The predicted octanol–water partition coefficient (Wildman–Crippen LogP) is 2.74. The Morgan fingerprint density at radius 3 is 2.47 bits per heavy atom. The maximum atomic E-state index is 3.50. The van der Waals surface area contributed by atoms with Crippen LogP contribution < -0.4 is 10.2 Å². The van der Waals surface area contributed by atoms with E-state index in [0.717, 1.165) is 19.5 Å². The first kappa shape index (κ1) is 12.4. The number of rotatable bonds is 2. The van der Waals surface area contributed by atoms with Crippen molar-refractivity contribution in [2.24, 2.45) is 0 Å². The molecule has 0 aromatic heterocycles. The van der Waals surface area contributed by atoms with Gasteiger partial charge in [0.25, 0.3) is 0 Å². The Hall–Kier alpha value is -1.02. The molecule has 1 N–H and O–H groups in total. The number of anilines is 1. The minimum absolute atomic E-state index is 0.574. The summed E-state index contributed by atoms with van der Waals surface area (Å²) < 4.78 is 0. The van der Waals surface area contributed by atoms with Crippen LogP contribution in [0.4, 0.5) is 5.69 Å². The van der Waals surface area contributed by atoms with Gasteiger partial charge in [0.2, 0.25) is 0 Å². The van der Waals surface area contributed by atoms with Crippen molar-refractivity contribution in [1.29, 1.82) is 0 Å².